The molecule has 0 radical (unpaired) electrons. The Morgan fingerprint density at radius 2 is 1.92 bits per heavy atom. The van der Waals surface area contributed by atoms with Crippen LogP contribution in [0.4, 0.5) is 0 Å². The molecule has 0 atom stereocenters. The highest BCUT2D eigenvalue weighted by Gasteiger charge is 2.16. The lowest BCUT2D eigenvalue weighted by molar-refractivity contribution is 0.0513. The quantitative estimate of drug-likeness (QED) is 0.779. The van der Waals surface area contributed by atoms with E-state index in [1.54, 1.807) is 24.7 Å². The van der Waals surface area contributed by atoms with E-state index in [1.165, 1.54) is 19.3 Å². The lowest BCUT2D eigenvalue weighted by Crippen LogP contribution is -2.19. The number of aryl methyl sites for hydroxylation is 1. The van der Waals surface area contributed by atoms with Gasteiger partial charge in [-0.05, 0) is 62.9 Å². The van der Waals surface area contributed by atoms with E-state index in [4.69, 9.17) is 9.47 Å². The molecular weight excluding hydrogens is 304 g/mol. The van der Waals surface area contributed by atoms with Crippen LogP contribution in [0.25, 0.3) is 11.3 Å². The molecule has 2 aromatic rings. The van der Waals surface area contributed by atoms with Crippen LogP contribution in [0, 0.1) is 0 Å². The second-order valence-corrected chi connectivity index (χ2v) is 6.16. The van der Waals surface area contributed by atoms with Crippen molar-refractivity contribution < 1.29 is 14.3 Å². The van der Waals surface area contributed by atoms with Crippen molar-refractivity contribution in [2.24, 2.45) is 7.05 Å². The van der Waals surface area contributed by atoms with Crippen molar-refractivity contribution in [1.82, 2.24) is 9.78 Å². The average molecular weight is 328 g/mol. The molecule has 0 aliphatic heterocycles. The Balaban J connectivity index is 1.71. The molecule has 0 spiro atoms. The molecular formula is C19H24N2O3. The number of rotatable bonds is 5. The Morgan fingerprint density at radius 1 is 1.21 bits per heavy atom. The molecule has 24 heavy (non-hydrogen) atoms. The number of benzene rings is 1. The first kappa shape index (κ1) is 16.6. The van der Waals surface area contributed by atoms with Gasteiger partial charge < -0.3 is 9.47 Å². The molecule has 0 amide bonds. The molecule has 5 nitrogen and oxygen atoms in total. The molecule has 128 valence electrons. The van der Waals surface area contributed by atoms with Crippen LogP contribution in [0.15, 0.2) is 30.3 Å². The molecule has 0 N–H and O–H groups in total. The SMILES string of the molecule is CCOC(=O)c1cc(-c2ccc(OC3CCCCC3)cc2)nn1C. The first-order valence-electron chi connectivity index (χ1n) is 8.65. The molecule has 1 saturated carbocycles. The molecule has 0 unspecified atom stereocenters. The van der Waals surface area contributed by atoms with Gasteiger partial charge in [-0.25, -0.2) is 4.79 Å². The third kappa shape index (κ3) is 3.78. The summed E-state index contributed by atoms with van der Waals surface area (Å²) in [5.41, 5.74) is 2.16. The van der Waals surface area contributed by atoms with Crippen LogP contribution in [0.5, 0.6) is 5.75 Å². The van der Waals surface area contributed by atoms with Gasteiger partial charge in [0.25, 0.3) is 0 Å². The van der Waals surface area contributed by atoms with E-state index in [9.17, 15) is 4.79 Å². The number of nitrogens with zero attached hydrogens (tertiary/aromatic N) is 2. The van der Waals surface area contributed by atoms with Crippen molar-refractivity contribution in [2.45, 2.75) is 45.1 Å². The lowest BCUT2D eigenvalue weighted by atomic mass is 9.98. The first-order valence-corrected chi connectivity index (χ1v) is 8.65. The van der Waals surface area contributed by atoms with E-state index < -0.39 is 0 Å². The Labute approximate surface area is 142 Å². The predicted molar refractivity (Wildman–Crippen MR) is 92.1 cm³/mol. The van der Waals surface area contributed by atoms with Crippen molar-refractivity contribution in [3.63, 3.8) is 0 Å². The van der Waals surface area contributed by atoms with Crippen LogP contribution in [-0.2, 0) is 11.8 Å². The molecule has 0 bridgehead atoms. The maximum Gasteiger partial charge on any atom is 0.356 e. The minimum atomic E-state index is -0.351. The maximum absolute atomic E-state index is 11.9. The topological polar surface area (TPSA) is 53.4 Å². The molecule has 1 aliphatic carbocycles. The van der Waals surface area contributed by atoms with E-state index in [-0.39, 0.29) is 5.97 Å². The third-order valence-corrected chi connectivity index (χ3v) is 4.37. The van der Waals surface area contributed by atoms with Gasteiger partial charge in [0.15, 0.2) is 0 Å². The fourth-order valence-corrected chi connectivity index (χ4v) is 3.08. The van der Waals surface area contributed by atoms with Crippen LogP contribution in [-0.4, -0.2) is 28.5 Å². The van der Waals surface area contributed by atoms with Gasteiger partial charge in [-0.3, -0.25) is 4.68 Å². The van der Waals surface area contributed by atoms with Gasteiger partial charge in [-0.15, -0.1) is 0 Å². The van der Waals surface area contributed by atoms with Gasteiger partial charge in [-0.2, -0.15) is 5.10 Å². The molecule has 1 aromatic heterocycles. The normalized spacial score (nSPS) is 15.2. The molecule has 5 heteroatoms. The molecule has 0 saturated heterocycles. The summed E-state index contributed by atoms with van der Waals surface area (Å²) >= 11 is 0. The Bertz CT molecular complexity index is 685. The third-order valence-electron chi connectivity index (χ3n) is 4.37. The summed E-state index contributed by atoms with van der Waals surface area (Å²) in [6.45, 7) is 2.15. The summed E-state index contributed by atoms with van der Waals surface area (Å²) in [5, 5.41) is 4.40. The van der Waals surface area contributed by atoms with Gasteiger partial charge >= 0.3 is 5.97 Å². The predicted octanol–water partition coefficient (Wildman–Crippen LogP) is 3.98. The Hall–Kier alpha value is -2.30. The van der Waals surface area contributed by atoms with Gasteiger partial charge in [0.2, 0.25) is 0 Å². The van der Waals surface area contributed by atoms with Crippen LogP contribution >= 0.6 is 0 Å². The van der Waals surface area contributed by atoms with Crippen LogP contribution in [0.3, 0.4) is 0 Å². The smallest absolute Gasteiger partial charge is 0.356 e. The van der Waals surface area contributed by atoms with Crippen LogP contribution < -0.4 is 4.74 Å². The standard InChI is InChI=1S/C19H24N2O3/c1-3-23-19(22)18-13-17(20-21(18)2)14-9-11-16(12-10-14)24-15-7-5-4-6-8-15/h9-13,15H,3-8H2,1-2H3. The van der Waals surface area contributed by atoms with Crippen molar-refractivity contribution in [1.29, 1.82) is 0 Å². The van der Waals surface area contributed by atoms with E-state index in [2.05, 4.69) is 5.10 Å². The number of hydrogen-bond acceptors (Lipinski definition) is 4. The molecule has 1 aromatic carbocycles. The second-order valence-electron chi connectivity index (χ2n) is 6.16. The van der Waals surface area contributed by atoms with Crippen LogP contribution in [0.2, 0.25) is 0 Å². The van der Waals surface area contributed by atoms with Crippen molar-refractivity contribution in [3.05, 3.63) is 36.0 Å². The molecule has 3 rings (SSSR count). The fraction of sp³-hybridized carbons (Fsp3) is 0.474. The highest BCUT2D eigenvalue weighted by atomic mass is 16.5. The van der Waals surface area contributed by atoms with Gasteiger partial charge in [0.05, 0.1) is 18.4 Å². The highest BCUT2D eigenvalue weighted by Crippen LogP contribution is 2.26. The first-order chi connectivity index (χ1) is 11.7. The van der Waals surface area contributed by atoms with Crippen molar-refractivity contribution in [3.8, 4) is 17.0 Å². The zero-order valence-corrected chi connectivity index (χ0v) is 14.3. The minimum absolute atomic E-state index is 0.342. The van der Waals surface area contributed by atoms with Gasteiger partial charge in [0, 0.05) is 12.6 Å². The fourth-order valence-electron chi connectivity index (χ4n) is 3.08. The summed E-state index contributed by atoms with van der Waals surface area (Å²) in [5.74, 6) is 0.545. The summed E-state index contributed by atoms with van der Waals surface area (Å²) < 4.78 is 12.6. The van der Waals surface area contributed by atoms with Gasteiger partial charge in [-0.1, -0.05) is 6.42 Å². The molecule has 1 heterocycles. The van der Waals surface area contributed by atoms with Crippen LogP contribution in [0.1, 0.15) is 49.5 Å². The zero-order chi connectivity index (χ0) is 16.9. The average Bonchev–Trinajstić information content (AvgIpc) is 2.99. The number of hydrogen-bond donors (Lipinski definition) is 0. The van der Waals surface area contributed by atoms with E-state index in [0.29, 0.717) is 18.4 Å². The Morgan fingerprint density at radius 3 is 2.58 bits per heavy atom. The monoisotopic (exact) mass is 328 g/mol. The summed E-state index contributed by atoms with van der Waals surface area (Å²) in [6.07, 6.45) is 6.47. The number of carbonyl (C=O) groups excluding carboxylic acids is 1. The number of carbonyl (C=O) groups is 1. The number of aromatic nitrogens is 2. The van der Waals surface area contributed by atoms with Crippen molar-refractivity contribution >= 4 is 5.97 Å². The van der Waals surface area contributed by atoms with Crippen molar-refractivity contribution in [2.75, 3.05) is 6.61 Å². The summed E-state index contributed by atoms with van der Waals surface area (Å²) in [7, 11) is 1.75. The number of esters is 1. The summed E-state index contributed by atoms with van der Waals surface area (Å²) in [4.78, 5) is 11.9. The van der Waals surface area contributed by atoms with Gasteiger partial charge in [0.1, 0.15) is 11.4 Å². The Kier molecular flexibility index (Phi) is 5.18. The minimum Gasteiger partial charge on any atom is -0.490 e. The lowest BCUT2D eigenvalue weighted by Gasteiger charge is -2.23. The summed E-state index contributed by atoms with van der Waals surface area (Å²) in [6, 6.07) is 9.67. The molecule has 1 aliphatic rings. The second kappa shape index (κ2) is 7.51. The highest BCUT2D eigenvalue weighted by molar-refractivity contribution is 5.89. The molecule has 1 fully saturated rings. The zero-order valence-electron chi connectivity index (χ0n) is 14.3. The van der Waals surface area contributed by atoms with E-state index >= 15 is 0 Å². The maximum atomic E-state index is 11.9. The van der Waals surface area contributed by atoms with E-state index in [1.807, 2.05) is 24.3 Å². The van der Waals surface area contributed by atoms with E-state index in [0.717, 1.165) is 29.8 Å². The number of ether oxygens (including phenoxy) is 2. The largest absolute Gasteiger partial charge is 0.490 e.